The third-order valence-corrected chi connectivity index (χ3v) is 5.03. The summed E-state index contributed by atoms with van der Waals surface area (Å²) in [6.45, 7) is 2.50. The number of alkyl halides is 4. The number of hydrogen-bond acceptors (Lipinski definition) is 6. The topological polar surface area (TPSA) is 79.4 Å². The molecule has 11 heteroatoms. The minimum absolute atomic E-state index is 0.00265. The maximum atomic E-state index is 13.6. The van der Waals surface area contributed by atoms with E-state index in [0.29, 0.717) is 19.6 Å². The lowest BCUT2D eigenvalue weighted by atomic mass is 9.99. The van der Waals surface area contributed by atoms with Gasteiger partial charge in [-0.3, -0.25) is 5.32 Å². The number of halogens is 4. The number of cyclic esters (lactones) is 1. The zero-order chi connectivity index (χ0) is 21.5. The lowest BCUT2D eigenvalue weighted by Crippen LogP contribution is -2.49. The van der Waals surface area contributed by atoms with Gasteiger partial charge in [0.2, 0.25) is 0 Å². The second kappa shape index (κ2) is 7.71. The van der Waals surface area contributed by atoms with Crippen LogP contribution in [0.3, 0.4) is 0 Å². The first-order chi connectivity index (χ1) is 14.3. The maximum Gasteiger partial charge on any atom is 0.416 e. The zero-order valence-corrected chi connectivity index (χ0v) is 16.0. The van der Waals surface area contributed by atoms with Gasteiger partial charge in [-0.2, -0.15) is 13.2 Å². The average molecular weight is 425 g/mol. The van der Waals surface area contributed by atoms with E-state index in [1.807, 2.05) is 6.92 Å². The molecule has 4 rings (SSSR count). The molecule has 4 heterocycles. The number of carbonyl (C=O) groups is 1. The van der Waals surface area contributed by atoms with Crippen molar-refractivity contribution in [2.75, 3.05) is 36.5 Å². The summed E-state index contributed by atoms with van der Waals surface area (Å²) in [5, 5.41) is 5.59. The normalized spacial score (nSPS) is 21.6. The van der Waals surface area contributed by atoms with E-state index in [9.17, 15) is 22.4 Å². The molecule has 0 spiro atoms. The Hall–Kier alpha value is -2.95. The fraction of sp³-hybridized carbons (Fsp3) is 0.421. The van der Waals surface area contributed by atoms with E-state index in [-0.39, 0.29) is 34.5 Å². The number of amides is 1. The van der Waals surface area contributed by atoms with Crippen LogP contribution in [0.25, 0.3) is 11.3 Å². The molecule has 0 aliphatic carbocycles. The summed E-state index contributed by atoms with van der Waals surface area (Å²) in [4.78, 5) is 21.8. The second-order valence-electron chi connectivity index (χ2n) is 7.19. The predicted octanol–water partition coefficient (Wildman–Crippen LogP) is 3.53. The van der Waals surface area contributed by atoms with Gasteiger partial charge in [-0.1, -0.05) is 0 Å². The van der Waals surface area contributed by atoms with E-state index in [1.165, 1.54) is 12.3 Å². The van der Waals surface area contributed by atoms with Gasteiger partial charge >= 0.3 is 12.3 Å². The van der Waals surface area contributed by atoms with Crippen molar-refractivity contribution in [2.24, 2.45) is 0 Å². The fourth-order valence-corrected chi connectivity index (χ4v) is 3.67. The number of ether oxygens (including phenoxy) is 1. The monoisotopic (exact) mass is 425 g/mol. The van der Waals surface area contributed by atoms with Crippen LogP contribution < -0.4 is 15.5 Å². The van der Waals surface area contributed by atoms with Gasteiger partial charge < -0.3 is 15.0 Å². The third kappa shape index (κ3) is 3.89. The quantitative estimate of drug-likeness (QED) is 0.733. The Morgan fingerprint density at radius 1 is 1.33 bits per heavy atom. The molecule has 30 heavy (non-hydrogen) atoms. The number of nitrogens with one attached hydrogen (secondary N) is 2. The number of nitrogens with zero attached hydrogens (tertiary/aromatic N) is 3. The maximum absolute atomic E-state index is 13.6. The molecule has 0 aromatic carbocycles. The molecule has 2 atom stereocenters. The first-order valence-corrected chi connectivity index (χ1v) is 9.36. The van der Waals surface area contributed by atoms with E-state index in [1.54, 1.807) is 4.90 Å². The number of anilines is 2. The highest BCUT2D eigenvalue weighted by atomic mass is 19.4. The minimum atomic E-state index is -4.59. The van der Waals surface area contributed by atoms with Crippen LogP contribution in [0.4, 0.5) is 34.0 Å². The highest BCUT2D eigenvalue weighted by Crippen LogP contribution is 2.40. The van der Waals surface area contributed by atoms with E-state index in [0.717, 1.165) is 12.1 Å². The number of hydrogen-bond donors (Lipinski definition) is 2. The molecule has 2 aromatic heterocycles. The van der Waals surface area contributed by atoms with Crippen LogP contribution >= 0.6 is 0 Å². The molecule has 2 N–H and O–H groups in total. The molecule has 0 radical (unpaired) electrons. The number of carbonyl (C=O) groups excluding carboxylic acids is 1. The van der Waals surface area contributed by atoms with Gasteiger partial charge in [-0.25, -0.2) is 19.2 Å². The van der Waals surface area contributed by atoms with Crippen LogP contribution in [0.15, 0.2) is 24.4 Å². The Morgan fingerprint density at radius 3 is 2.83 bits per heavy atom. The molecule has 2 aliphatic rings. The first kappa shape index (κ1) is 20.3. The lowest BCUT2D eigenvalue weighted by molar-refractivity contribution is -0.137. The fourth-order valence-electron chi connectivity index (χ4n) is 3.67. The van der Waals surface area contributed by atoms with Gasteiger partial charge in [0.1, 0.15) is 18.3 Å². The molecule has 0 bridgehead atoms. The van der Waals surface area contributed by atoms with E-state index >= 15 is 0 Å². The molecule has 1 saturated heterocycles. The summed E-state index contributed by atoms with van der Waals surface area (Å²) < 4.78 is 59.4. The van der Waals surface area contributed by atoms with E-state index in [2.05, 4.69) is 20.6 Å². The minimum Gasteiger partial charge on any atom is -0.438 e. The van der Waals surface area contributed by atoms with E-state index < -0.39 is 30.6 Å². The summed E-state index contributed by atoms with van der Waals surface area (Å²) >= 11 is 0. The number of fused-ring (bicyclic) bond motifs is 1. The number of rotatable bonds is 3. The van der Waals surface area contributed by atoms with Crippen molar-refractivity contribution in [1.82, 2.24) is 15.3 Å². The standard InChI is InChI=1S/C19H19F4N5O2/c1-10-9-28(5-4-24-10)15-7-11(19(21,22)23)6-13(26-15)12-2-3-25-17-16(12)14(8-20)30-18(29)27-17/h2-3,6-7,10,14,24H,4-5,8-9H2,1H3,(H,25,27,29). The van der Waals surface area contributed by atoms with Gasteiger partial charge in [0.05, 0.1) is 11.3 Å². The Kier molecular flexibility index (Phi) is 5.22. The molecule has 0 saturated carbocycles. The van der Waals surface area contributed by atoms with Crippen molar-refractivity contribution in [2.45, 2.75) is 25.2 Å². The molecular formula is C19H19F4N5O2. The summed E-state index contributed by atoms with van der Waals surface area (Å²) in [6.07, 6.45) is -5.42. The first-order valence-electron chi connectivity index (χ1n) is 9.36. The van der Waals surface area contributed by atoms with Crippen molar-refractivity contribution >= 4 is 17.7 Å². The highest BCUT2D eigenvalue weighted by molar-refractivity contribution is 5.89. The van der Waals surface area contributed by atoms with Crippen molar-refractivity contribution in [3.05, 3.63) is 35.5 Å². The molecule has 160 valence electrons. The van der Waals surface area contributed by atoms with Gasteiger partial charge in [-0.15, -0.1) is 0 Å². The zero-order valence-electron chi connectivity index (χ0n) is 16.0. The lowest BCUT2D eigenvalue weighted by Gasteiger charge is -2.33. The SMILES string of the molecule is CC1CN(c2cc(C(F)(F)F)cc(-c3ccnc4c3C(CF)OC(=O)N4)n2)CCN1. The van der Waals surface area contributed by atoms with Crippen LogP contribution in [-0.4, -0.2) is 48.4 Å². The molecule has 1 amide bonds. The average Bonchev–Trinajstić information content (AvgIpc) is 2.71. The summed E-state index contributed by atoms with van der Waals surface area (Å²) in [7, 11) is 0. The van der Waals surface area contributed by atoms with Gasteiger partial charge in [0.25, 0.3) is 0 Å². The smallest absolute Gasteiger partial charge is 0.416 e. The summed E-state index contributed by atoms with van der Waals surface area (Å²) in [6, 6.07) is 3.46. The summed E-state index contributed by atoms with van der Waals surface area (Å²) in [5.41, 5.74) is -0.482. The van der Waals surface area contributed by atoms with Crippen molar-refractivity contribution < 1.29 is 27.1 Å². The van der Waals surface area contributed by atoms with E-state index in [4.69, 9.17) is 4.74 Å². The Morgan fingerprint density at radius 2 is 2.13 bits per heavy atom. The van der Waals surface area contributed by atoms with Crippen LogP contribution in [0, 0.1) is 0 Å². The molecule has 2 aliphatic heterocycles. The molecule has 2 unspecified atom stereocenters. The van der Waals surface area contributed by atoms with Gasteiger partial charge in [0.15, 0.2) is 6.10 Å². The van der Waals surface area contributed by atoms with Crippen LogP contribution in [0.2, 0.25) is 0 Å². The number of aromatic nitrogens is 2. The van der Waals surface area contributed by atoms with Crippen molar-refractivity contribution in [1.29, 1.82) is 0 Å². The summed E-state index contributed by atoms with van der Waals surface area (Å²) in [5.74, 6) is 0.222. The van der Waals surface area contributed by atoms with Crippen LogP contribution in [-0.2, 0) is 10.9 Å². The second-order valence-corrected chi connectivity index (χ2v) is 7.19. The molecule has 1 fully saturated rings. The number of piperazine rings is 1. The predicted molar refractivity (Wildman–Crippen MR) is 101 cm³/mol. The van der Waals surface area contributed by atoms with Crippen LogP contribution in [0.5, 0.6) is 0 Å². The third-order valence-electron chi connectivity index (χ3n) is 5.03. The van der Waals surface area contributed by atoms with Crippen LogP contribution in [0.1, 0.15) is 24.2 Å². The Bertz CT molecular complexity index is 968. The van der Waals surface area contributed by atoms with Crippen molar-refractivity contribution in [3.63, 3.8) is 0 Å². The van der Waals surface area contributed by atoms with Crippen molar-refractivity contribution in [3.8, 4) is 11.3 Å². The molecular weight excluding hydrogens is 406 g/mol. The largest absolute Gasteiger partial charge is 0.438 e. The molecule has 7 nitrogen and oxygen atoms in total. The van der Waals surface area contributed by atoms with Gasteiger partial charge in [-0.05, 0) is 25.1 Å². The number of pyridine rings is 2. The Labute approximate surface area is 169 Å². The highest BCUT2D eigenvalue weighted by Gasteiger charge is 2.35. The van der Waals surface area contributed by atoms with Gasteiger partial charge in [0, 0.05) is 43.0 Å². The molecule has 2 aromatic rings. The Balaban J connectivity index is 1.86.